The molecule has 2 nitrogen and oxygen atoms in total. The van der Waals surface area contributed by atoms with Crippen LogP contribution in [-0.2, 0) is 4.74 Å². The summed E-state index contributed by atoms with van der Waals surface area (Å²) in [6, 6.07) is 1.32. The Bertz CT molecular complexity index is 248. The lowest BCUT2D eigenvalue weighted by Crippen LogP contribution is -2.49. The SMILES string of the molecule is CCC1(CC)CC(NC(CC(C)C)CC(C)C)CCO1. The molecule has 0 radical (unpaired) electrons. The zero-order chi connectivity index (χ0) is 15.2. The van der Waals surface area contributed by atoms with Gasteiger partial charge in [-0.25, -0.2) is 0 Å². The van der Waals surface area contributed by atoms with Crippen molar-refractivity contribution in [1.82, 2.24) is 5.32 Å². The summed E-state index contributed by atoms with van der Waals surface area (Å²) in [5, 5.41) is 3.96. The lowest BCUT2D eigenvalue weighted by molar-refractivity contribution is -0.0944. The van der Waals surface area contributed by atoms with E-state index in [0.29, 0.717) is 12.1 Å². The molecule has 1 fully saturated rings. The summed E-state index contributed by atoms with van der Waals surface area (Å²) in [6.07, 6.45) is 7.23. The van der Waals surface area contributed by atoms with Gasteiger partial charge in [0.05, 0.1) is 5.60 Å². The molecule has 20 heavy (non-hydrogen) atoms. The molecular weight excluding hydrogens is 246 g/mol. The van der Waals surface area contributed by atoms with E-state index in [1.807, 2.05) is 0 Å². The highest BCUT2D eigenvalue weighted by Gasteiger charge is 2.35. The summed E-state index contributed by atoms with van der Waals surface area (Å²) in [4.78, 5) is 0. The van der Waals surface area contributed by atoms with Crippen LogP contribution in [0.4, 0.5) is 0 Å². The van der Waals surface area contributed by atoms with Gasteiger partial charge in [0.2, 0.25) is 0 Å². The fraction of sp³-hybridized carbons (Fsp3) is 1.00. The summed E-state index contributed by atoms with van der Waals surface area (Å²) >= 11 is 0. The van der Waals surface area contributed by atoms with E-state index >= 15 is 0 Å². The van der Waals surface area contributed by atoms with E-state index in [1.165, 1.54) is 25.7 Å². The second-order valence-electron chi connectivity index (χ2n) is 7.55. The number of rotatable bonds is 8. The zero-order valence-electron chi connectivity index (χ0n) is 14.7. The number of ether oxygens (including phenoxy) is 1. The van der Waals surface area contributed by atoms with E-state index in [2.05, 4.69) is 46.9 Å². The quantitative estimate of drug-likeness (QED) is 0.692. The van der Waals surface area contributed by atoms with Crippen LogP contribution in [0, 0.1) is 11.8 Å². The van der Waals surface area contributed by atoms with Gasteiger partial charge < -0.3 is 10.1 Å². The second kappa shape index (κ2) is 8.38. The molecule has 1 aliphatic rings. The second-order valence-corrected chi connectivity index (χ2v) is 7.55. The van der Waals surface area contributed by atoms with Gasteiger partial charge in [0.15, 0.2) is 0 Å². The van der Waals surface area contributed by atoms with Crippen LogP contribution in [-0.4, -0.2) is 24.3 Å². The molecule has 0 saturated carbocycles. The first-order valence-electron chi connectivity index (χ1n) is 8.80. The van der Waals surface area contributed by atoms with Crippen LogP contribution in [0.1, 0.15) is 80.1 Å². The Labute approximate surface area is 127 Å². The molecule has 0 bridgehead atoms. The van der Waals surface area contributed by atoms with E-state index < -0.39 is 0 Å². The van der Waals surface area contributed by atoms with Crippen molar-refractivity contribution in [1.29, 1.82) is 0 Å². The standard InChI is InChI=1S/C18H37NO/c1-7-18(8-2)13-16(9-10-20-18)19-17(11-14(3)4)12-15(5)6/h14-17,19H,7-13H2,1-6H3. The molecule has 0 spiro atoms. The molecule has 0 aliphatic carbocycles. The maximum absolute atomic E-state index is 6.10. The van der Waals surface area contributed by atoms with E-state index in [9.17, 15) is 0 Å². The number of hydrogen-bond donors (Lipinski definition) is 1. The molecule has 0 aromatic heterocycles. The molecule has 1 saturated heterocycles. The number of nitrogens with one attached hydrogen (secondary N) is 1. The Morgan fingerprint density at radius 2 is 1.60 bits per heavy atom. The third kappa shape index (κ3) is 5.73. The van der Waals surface area contributed by atoms with E-state index in [0.717, 1.165) is 31.3 Å². The molecule has 1 N–H and O–H groups in total. The minimum Gasteiger partial charge on any atom is -0.375 e. The molecule has 1 unspecified atom stereocenters. The predicted octanol–water partition coefficient (Wildman–Crippen LogP) is 4.77. The first-order valence-corrected chi connectivity index (χ1v) is 8.80. The highest BCUT2D eigenvalue weighted by atomic mass is 16.5. The van der Waals surface area contributed by atoms with Crippen LogP contribution in [0.5, 0.6) is 0 Å². The summed E-state index contributed by atoms with van der Waals surface area (Å²) in [7, 11) is 0. The van der Waals surface area contributed by atoms with Crippen molar-refractivity contribution in [3.63, 3.8) is 0 Å². The van der Waals surface area contributed by atoms with Crippen LogP contribution >= 0.6 is 0 Å². The maximum atomic E-state index is 6.10. The molecule has 1 aliphatic heterocycles. The minimum atomic E-state index is 0.135. The van der Waals surface area contributed by atoms with Crippen LogP contribution in [0.3, 0.4) is 0 Å². The highest BCUT2D eigenvalue weighted by molar-refractivity contribution is 4.89. The first-order chi connectivity index (χ1) is 9.40. The molecule has 0 aromatic rings. The molecule has 1 atom stereocenters. The Morgan fingerprint density at radius 3 is 2.05 bits per heavy atom. The molecular formula is C18H37NO. The van der Waals surface area contributed by atoms with Gasteiger partial charge in [0.1, 0.15) is 0 Å². The molecule has 120 valence electrons. The Morgan fingerprint density at radius 1 is 1.05 bits per heavy atom. The normalized spacial score (nSPS) is 22.9. The maximum Gasteiger partial charge on any atom is 0.0692 e. The van der Waals surface area contributed by atoms with Crippen LogP contribution in [0.25, 0.3) is 0 Å². The van der Waals surface area contributed by atoms with Gasteiger partial charge in [-0.1, -0.05) is 41.5 Å². The van der Waals surface area contributed by atoms with Crippen molar-refractivity contribution in [2.45, 2.75) is 97.8 Å². The zero-order valence-corrected chi connectivity index (χ0v) is 14.7. The molecule has 1 rings (SSSR count). The lowest BCUT2D eigenvalue weighted by atomic mass is 9.85. The summed E-state index contributed by atoms with van der Waals surface area (Å²) in [6.45, 7) is 14.8. The topological polar surface area (TPSA) is 21.3 Å². The average molecular weight is 284 g/mol. The summed E-state index contributed by atoms with van der Waals surface area (Å²) in [5.41, 5.74) is 0.135. The van der Waals surface area contributed by atoms with Crippen molar-refractivity contribution in [3.8, 4) is 0 Å². The Balaban J connectivity index is 2.58. The third-order valence-corrected chi connectivity index (χ3v) is 4.76. The van der Waals surface area contributed by atoms with Crippen molar-refractivity contribution in [3.05, 3.63) is 0 Å². The van der Waals surface area contributed by atoms with Crippen LogP contribution in [0.15, 0.2) is 0 Å². The number of hydrogen-bond acceptors (Lipinski definition) is 2. The molecule has 0 amide bonds. The monoisotopic (exact) mass is 283 g/mol. The van der Waals surface area contributed by atoms with E-state index in [-0.39, 0.29) is 5.60 Å². The molecule has 2 heteroatoms. The predicted molar refractivity (Wildman–Crippen MR) is 88.1 cm³/mol. The van der Waals surface area contributed by atoms with Crippen molar-refractivity contribution >= 4 is 0 Å². The highest BCUT2D eigenvalue weighted by Crippen LogP contribution is 2.32. The van der Waals surface area contributed by atoms with Gasteiger partial charge in [-0.2, -0.15) is 0 Å². The third-order valence-electron chi connectivity index (χ3n) is 4.76. The van der Waals surface area contributed by atoms with Crippen molar-refractivity contribution < 1.29 is 4.74 Å². The van der Waals surface area contributed by atoms with Gasteiger partial charge in [-0.3, -0.25) is 0 Å². The van der Waals surface area contributed by atoms with Crippen molar-refractivity contribution in [2.75, 3.05) is 6.61 Å². The van der Waals surface area contributed by atoms with Gasteiger partial charge in [-0.05, 0) is 50.4 Å². The fourth-order valence-corrected chi connectivity index (χ4v) is 3.62. The average Bonchev–Trinajstić information content (AvgIpc) is 2.37. The summed E-state index contributed by atoms with van der Waals surface area (Å²) < 4.78 is 6.10. The van der Waals surface area contributed by atoms with Crippen LogP contribution < -0.4 is 5.32 Å². The summed E-state index contributed by atoms with van der Waals surface area (Å²) in [5.74, 6) is 1.54. The smallest absolute Gasteiger partial charge is 0.0692 e. The lowest BCUT2D eigenvalue weighted by Gasteiger charge is -2.42. The van der Waals surface area contributed by atoms with E-state index in [1.54, 1.807) is 0 Å². The van der Waals surface area contributed by atoms with Gasteiger partial charge in [0, 0.05) is 18.7 Å². The largest absolute Gasteiger partial charge is 0.375 e. The molecule has 1 heterocycles. The van der Waals surface area contributed by atoms with Gasteiger partial charge in [-0.15, -0.1) is 0 Å². The molecule has 0 aromatic carbocycles. The van der Waals surface area contributed by atoms with E-state index in [4.69, 9.17) is 4.74 Å². The Hall–Kier alpha value is -0.0800. The minimum absolute atomic E-state index is 0.135. The Kier molecular flexibility index (Phi) is 7.53. The van der Waals surface area contributed by atoms with Gasteiger partial charge >= 0.3 is 0 Å². The fourth-order valence-electron chi connectivity index (χ4n) is 3.62. The first kappa shape index (κ1) is 18.0. The van der Waals surface area contributed by atoms with Gasteiger partial charge in [0.25, 0.3) is 0 Å². The van der Waals surface area contributed by atoms with Crippen molar-refractivity contribution in [2.24, 2.45) is 11.8 Å². The van der Waals surface area contributed by atoms with Crippen LogP contribution in [0.2, 0.25) is 0 Å².